The van der Waals surface area contributed by atoms with Gasteiger partial charge in [-0.2, -0.15) is 5.10 Å². The van der Waals surface area contributed by atoms with Gasteiger partial charge >= 0.3 is 0 Å². The lowest BCUT2D eigenvalue weighted by Crippen LogP contribution is -2.04. The van der Waals surface area contributed by atoms with Crippen LogP contribution in [0.25, 0.3) is 10.2 Å². The van der Waals surface area contributed by atoms with Gasteiger partial charge in [0, 0.05) is 4.88 Å². The van der Waals surface area contributed by atoms with E-state index >= 15 is 0 Å². The molecule has 112 valence electrons. The highest BCUT2D eigenvalue weighted by Crippen LogP contribution is 2.32. The number of hydrogen-bond donors (Lipinski definition) is 1. The first-order chi connectivity index (χ1) is 10.7. The molecule has 2 aromatic heterocycles. The molecule has 0 aliphatic rings. The van der Waals surface area contributed by atoms with Crippen molar-refractivity contribution in [3.63, 3.8) is 0 Å². The number of aryl methyl sites for hydroxylation is 2. The maximum absolute atomic E-state index is 4.56. The Hall–Kier alpha value is -2.27. The summed E-state index contributed by atoms with van der Waals surface area (Å²) >= 11 is 1.69. The van der Waals surface area contributed by atoms with Gasteiger partial charge in [-0.15, -0.1) is 11.3 Å². The summed E-state index contributed by atoms with van der Waals surface area (Å²) in [5, 5.41) is 5.63. The zero-order chi connectivity index (χ0) is 15.5. The fourth-order valence-electron chi connectivity index (χ4n) is 2.37. The molecule has 1 aromatic carbocycles. The van der Waals surface area contributed by atoms with Gasteiger partial charge in [-0.05, 0) is 31.4 Å². The summed E-state index contributed by atoms with van der Waals surface area (Å²) in [6.45, 7) is 6.31. The second-order valence-electron chi connectivity index (χ2n) is 5.08. The predicted octanol–water partition coefficient (Wildman–Crippen LogP) is 4.53. The van der Waals surface area contributed by atoms with Gasteiger partial charge in [-0.3, -0.25) is 5.43 Å². The van der Waals surface area contributed by atoms with Crippen molar-refractivity contribution >= 4 is 33.1 Å². The molecule has 0 amide bonds. The average Bonchev–Trinajstić information content (AvgIpc) is 2.84. The van der Waals surface area contributed by atoms with Crippen molar-refractivity contribution < 1.29 is 0 Å². The maximum atomic E-state index is 4.56. The van der Waals surface area contributed by atoms with Crippen LogP contribution in [0.1, 0.15) is 29.3 Å². The van der Waals surface area contributed by atoms with Crippen molar-refractivity contribution in [2.45, 2.75) is 27.2 Å². The number of nitrogens with zero attached hydrogens (tertiary/aromatic N) is 3. The average molecular weight is 310 g/mol. The SMILES string of the molecule is CC/C(=N/Nc1ncnc2sc(C)c(C)c12)c1ccccc1. The largest absolute Gasteiger partial charge is 0.260 e. The van der Waals surface area contributed by atoms with E-state index in [0.717, 1.165) is 33.7 Å². The van der Waals surface area contributed by atoms with Crippen LogP contribution in [0, 0.1) is 13.8 Å². The normalized spacial score (nSPS) is 11.9. The summed E-state index contributed by atoms with van der Waals surface area (Å²) in [6, 6.07) is 10.2. The van der Waals surface area contributed by atoms with E-state index in [1.807, 2.05) is 18.2 Å². The molecule has 4 nitrogen and oxygen atoms in total. The number of hydrogen-bond acceptors (Lipinski definition) is 5. The molecule has 0 radical (unpaired) electrons. The molecule has 5 heteroatoms. The van der Waals surface area contributed by atoms with Crippen LogP contribution in [0.2, 0.25) is 0 Å². The third-order valence-corrected chi connectivity index (χ3v) is 4.82. The number of anilines is 1. The molecule has 0 fully saturated rings. The van der Waals surface area contributed by atoms with Crippen molar-refractivity contribution in [3.05, 3.63) is 52.7 Å². The molecule has 0 saturated carbocycles. The Labute approximate surface area is 133 Å². The smallest absolute Gasteiger partial charge is 0.158 e. The molecule has 0 bridgehead atoms. The second-order valence-corrected chi connectivity index (χ2v) is 6.28. The van der Waals surface area contributed by atoms with E-state index in [-0.39, 0.29) is 0 Å². The molecular weight excluding hydrogens is 292 g/mol. The first kappa shape index (κ1) is 14.7. The van der Waals surface area contributed by atoms with Crippen molar-refractivity contribution in [2.24, 2.45) is 5.10 Å². The van der Waals surface area contributed by atoms with Crippen LogP contribution in [-0.4, -0.2) is 15.7 Å². The van der Waals surface area contributed by atoms with Gasteiger partial charge in [0.15, 0.2) is 5.82 Å². The third-order valence-electron chi connectivity index (χ3n) is 3.70. The van der Waals surface area contributed by atoms with Crippen LogP contribution in [-0.2, 0) is 0 Å². The Bertz CT molecular complexity index is 821. The molecule has 2 heterocycles. The Kier molecular flexibility index (Phi) is 4.15. The minimum Gasteiger partial charge on any atom is -0.260 e. The fraction of sp³-hybridized carbons (Fsp3) is 0.235. The Morgan fingerprint density at radius 3 is 2.68 bits per heavy atom. The minimum absolute atomic E-state index is 0.772. The summed E-state index contributed by atoms with van der Waals surface area (Å²) in [5.41, 5.74) is 6.49. The zero-order valence-electron chi connectivity index (χ0n) is 12.9. The summed E-state index contributed by atoms with van der Waals surface area (Å²) in [5.74, 6) is 0.772. The van der Waals surface area contributed by atoms with Crippen LogP contribution in [0.4, 0.5) is 5.82 Å². The molecule has 1 N–H and O–H groups in total. The van der Waals surface area contributed by atoms with E-state index in [1.54, 1.807) is 17.7 Å². The quantitative estimate of drug-likeness (QED) is 0.569. The topological polar surface area (TPSA) is 50.2 Å². The number of thiophene rings is 1. The van der Waals surface area contributed by atoms with E-state index < -0.39 is 0 Å². The molecule has 0 spiro atoms. The van der Waals surface area contributed by atoms with E-state index in [2.05, 4.69) is 53.4 Å². The van der Waals surface area contributed by atoms with Gasteiger partial charge in [0.2, 0.25) is 0 Å². The molecule has 0 aliphatic heterocycles. The van der Waals surface area contributed by atoms with Crippen molar-refractivity contribution in [1.82, 2.24) is 9.97 Å². The first-order valence-electron chi connectivity index (χ1n) is 7.29. The summed E-state index contributed by atoms with van der Waals surface area (Å²) in [4.78, 5) is 11.0. The highest BCUT2D eigenvalue weighted by molar-refractivity contribution is 7.18. The Balaban J connectivity index is 1.98. The van der Waals surface area contributed by atoms with Crippen LogP contribution < -0.4 is 5.43 Å². The number of aromatic nitrogens is 2. The Morgan fingerprint density at radius 2 is 1.95 bits per heavy atom. The highest BCUT2D eigenvalue weighted by atomic mass is 32.1. The standard InChI is InChI=1S/C17H18N4S/c1-4-14(13-8-6-5-7-9-13)20-21-16-15-11(2)12(3)22-17(15)19-10-18-16/h5-10H,4H2,1-3H3,(H,18,19,21)/b20-14-. The number of fused-ring (bicyclic) bond motifs is 1. The van der Waals surface area contributed by atoms with Gasteiger partial charge < -0.3 is 0 Å². The molecular formula is C17H18N4S. The van der Waals surface area contributed by atoms with Crippen LogP contribution >= 0.6 is 11.3 Å². The molecule has 22 heavy (non-hydrogen) atoms. The van der Waals surface area contributed by atoms with E-state index in [9.17, 15) is 0 Å². The monoisotopic (exact) mass is 310 g/mol. The second kappa shape index (κ2) is 6.23. The minimum atomic E-state index is 0.772. The predicted molar refractivity (Wildman–Crippen MR) is 93.8 cm³/mol. The van der Waals surface area contributed by atoms with Crippen LogP contribution in [0.3, 0.4) is 0 Å². The van der Waals surface area contributed by atoms with E-state index in [0.29, 0.717) is 0 Å². The lowest BCUT2D eigenvalue weighted by atomic mass is 10.1. The molecule has 0 aliphatic carbocycles. The van der Waals surface area contributed by atoms with Gasteiger partial charge in [-0.25, -0.2) is 9.97 Å². The van der Waals surface area contributed by atoms with Crippen LogP contribution in [0.5, 0.6) is 0 Å². The molecule has 3 aromatic rings. The van der Waals surface area contributed by atoms with Crippen molar-refractivity contribution in [2.75, 3.05) is 5.43 Å². The number of benzene rings is 1. The number of nitrogens with one attached hydrogen (secondary N) is 1. The van der Waals surface area contributed by atoms with Gasteiger partial charge in [-0.1, -0.05) is 37.3 Å². The first-order valence-corrected chi connectivity index (χ1v) is 8.11. The Morgan fingerprint density at radius 1 is 1.18 bits per heavy atom. The molecule has 0 atom stereocenters. The van der Waals surface area contributed by atoms with Gasteiger partial charge in [0.1, 0.15) is 11.2 Å². The molecule has 0 unspecified atom stereocenters. The number of hydrazone groups is 1. The number of rotatable bonds is 4. The van der Waals surface area contributed by atoms with Gasteiger partial charge in [0.25, 0.3) is 0 Å². The van der Waals surface area contributed by atoms with E-state index in [4.69, 9.17) is 0 Å². The third kappa shape index (κ3) is 2.72. The molecule has 0 saturated heterocycles. The summed E-state index contributed by atoms with van der Waals surface area (Å²) < 4.78 is 0. The fourth-order valence-corrected chi connectivity index (χ4v) is 3.36. The van der Waals surface area contributed by atoms with Crippen LogP contribution in [0.15, 0.2) is 41.8 Å². The van der Waals surface area contributed by atoms with Gasteiger partial charge in [0.05, 0.1) is 11.1 Å². The molecule has 3 rings (SSSR count). The maximum Gasteiger partial charge on any atom is 0.158 e. The van der Waals surface area contributed by atoms with Crippen molar-refractivity contribution in [3.8, 4) is 0 Å². The highest BCUT2D eigenvalue weighted by Gasteiger charge is 2.11. The lowest BCUT2D eigenvalue weighted by molar-refractivity contribution is 1.16. The summed E-state index contributed by atoms with van der Waals surface area (Å²) in [6.07, 6.45) is 2.44. The zero-order valence-corrected chi connectivity index (χ0v) is 13.7. The summed E-state index contributed by atoms with van der Waals surface area (Å²) in [7, 11) is 0. The lowest BCUT2D eigenvalue weighted by Gasteiger charge is -2.06. The van der Waals surface area contributed by atoms with E-state index in [1.165, 1.54) is 10.4 Å². The van der Waals surface area contributed by atoms with Crippen molar-refractivity contribution in [1.29, 1.82) is 0 Å².